The molecule has 0 atom stereocenters. The summed E-state index contributed by atoms with van der Waals surface area (Å²) in [6.07, 6.45) is 1.66. The average Bonchev–Trinajstić information content (AvgIpc) is 2.32. The molecule has 18 heavy (non-hydrogen) atoms. The molecule has 1 saturated heterocycles. The van der Waals surface area contributed by atoms with Crippen molar-refractivity contribution < 1.29 is 13.2 Å². The SMILES string of the molecule is Cc1ccc(NC(=O)N2CCS(=O)(=O)CC2)nc1. The van der Waals surface area contributed by atoms with Gasteiger partial charge in [0, 0.05) is 19.3 Å². The van der Waals surface area contributed by atoms with Gasteiger partial charge in [0.2, 0.25) is 0 Å². The molecule has 2 amide bonds. The van der Waals surface area contributed by atoms with E-state index in [0.717, 1.165) is 5.56 Å². The Bertz CT molecular complexity index is 525. The van der Waals surface area contributed by atoms with Gasteiger partial charge < -0.3 is 4.90 Å². The van der Waals surface area contributed by atoms with Crippen LogP contribution in [0.15, 0.2) is 18.3 Å². The first-order chi connectivity index (χ1) is 8.46. The van der Waals surface area contributed by atoms with Crippen molar-refractivity contribution in [3.05, 3.63) is 23.9 Å². The number of sulfone groups is 1. The summed E-state index contributed by atoms with van der Waals surface area (Å²) in [5.41, 5.74) is 1.01. The van der Waals surface area contributed by atoms with Crippen LogP contribution >= 0.6 is 0 Å². The summed E-state index contributed by atoms with van der Waals surface area (Å²) in [5.74, 6) is 0.530. The van der Waals surface area contributed by atoms with Gasteiger partial charge >= 0.3 is 6.03 Å². The van der Waals surface area contributed by atoms with E-state index in [1.165, 1.54) is 4.90 Å². The smallest absolute Gasteiger partial charge is 0.322 e. The summed E-state index contributed by atoms with van der Waals surface area (Å²) in [5, 5.41) is 2.65. The summed E-state index contributed by atoms with van der Waals surface area (Å²) in [6.45, 7) is 2.38. The van der Waals surface area contributed by atoms with E-state index in [4.69, 9.17) is 0 Å². The zero-order chi connectivity index (χ0) is 13.2. The number of hydrogen-bond acceptors (Lipinski definition) is 4. The van der Waals surface area contributed by atoms with Gasteiger partial charge in [-0.3, -0.25) is 5.32 Å². The van der Waals surface area contributed by atoms with Crippen molar-refractivity contribution in [3.63, 3.8) is 0 Å². The van der Waals surface area contributed by atoms with E-state index in [0.29, 0.717) is 5.82 Å². The van der Waals surface area contributed by atoms with Crippen molar-refractivity contribution in [1.29, 1.82) is 0 Å². The molecule has 0 saturated carbocycles. The summed E-state index contributed by atoms with van der Waals surface area (Å²) in [4.78, 5) is 17.4. The molecule has 1 aromatic heterocycles. The van der Waals surface area contributed by atoms with Crippen LogP contribution in [0.4, 0.5) is 10.6 Å². The highest BCUT2D eigenvalue weighted by atomic mass is 32.2. The minimum atomic E-state index is -2.96. The topological polar surface area (TPSA) is 79.4 Å². The number of urea groups is 1. The lowest BCUT2D eigenvalue weighted by Gasteiger charge is -2.26. The lowest BCUT2D eigenvalue weighted by Crippen LogP contribution is -2.45. The zero-order valence-electron chi connectivity index (χ0n) is 10.1. The standard InChI is InChI=1S/C11H15N3O3S/c1-9-2-3-10(12-8-9)13-11(15)14-4-6-18(16,17)7-5-14/h2-3,8H,4-7H2,1H3,(H,12,13,15). The fourth-order valence-corrected chi connectivity index (χ4v) is 2.85. The number of aryl methyl sites for hydroxylation is 1. The van der Waals surface area contributed by atoms with Gasteiger partial charge in [0.1, 0.15) is 5.82 Å². The normalized spacial score (nSPS) is 18.4. The van der Waals surface area contributed by atoms with E-state index in [2.05, 4.69) is 10.3 Å². The molecule has 98 valence electrons. The molecule has 6 nitrogen and oxygen atoms in total. The third-order valence-corrected chi connectivity index (χ3v) is 4.39. The Hall–Kier alpha value is -1.63. The van der Waals surface area contributed by atoms with Crippen molar-refractivity contribution in [3.8, 4) is 0 Å². The number of rotatable bonds is 1. The largest absolute Gasteiger partial charge is 0.323 e. The second-order valence-corrected chi connectivity index (χ2v) is 6.59. The number of hydrogen-bond donors (Lipinski definition) is 1. The molecule has 0 aliphatic carbocycles. The second-order valence-electron chi connectivity index (χ2n) is 4.29. The van der Waals surface area contributed by atoms with E-state index in [9.17, 15) is 13.2 Å². The van der Waals surface area contributed by atoms with Crippen LogP contribution in [0.25, 0.3) is 0 Å². The third-order valence-electron chi connectivity index (χ3n) is 2.78. The number of pyridine rings is 1. The van der Waals surface area contributed by atoms with Gasteiger partial charge in [-0.25, -0.2) is 18.2 Å². The van der Waals surface area contributed by atoms with Gasteiger partial charge in [-0.05, 0) is 18.6 Å². The van der Waals surface area contributed by atoms with Crippen LogP contribution in [0.2, 0.25) is 0 Å². The van der Waals surface area contributed by atoms with Crippen molar-refractivity contribution in [1.82, 2.24) is 9.88 Å². The Labute approximate surface area is 106 Å². The zero-order valence-corrected chi connectivity index (χ0v) is 10.9. The minimum absolute atomic E-state index is 0.0295. The number of nitrogens with one attached hydrogen (secondary N) is 1. The van der Waals surface area contributed by atoms with Crippen molar-refractivity contribution >= 4 is 21.7 Å². The van der Waals surface area contributed by atoms with Crippen LogP contribution in [0, 0.1) is 6.92 Å². The number of aromatic nitrogens is 1. The highest BCUT2D eigenvalue weighted by Gasteiger charge is 2.24. The second kappa shape index (κ2) is 4.93. The molecule has 1 fully saturated rings. The van der Waals surface area contributed by atoms with Gasteiger partial charge in [0.05, 0.1) is 11.5 Å². The molecule has 1 aliphatic heterocycles. The highest BCUT2D eigenvalue weighted by molar-refractivity contribution is 7.91. The molecule has 2 rings (SSSR count). The molecule has 1 aromatic rings. The van der Waals surface area contributed by atoms with Crippen LogP contribution in [0.1, 0.15) is 5.56 Å². The molecule has 1 aliphatic rings. The maximum atomic E-state index is 11.8. The molecule has 7 heteroatoms. The van der Waals surface area contributed by atoms with Crippen LogP contribution in [0.3, 0.4) is 0 Å². The summed E-state index contributed by atoms with van der Waals surface area (Å²) in [7, 11) is -2.96. The molecule has 1 N–H and O–H groups in total. The Morgan fingerprint density at radius 2 is 2.00 bits per heavy atom. The fraction of sp³-hybridized carbons (Fsp3) is 0.455. The van der Waals surface area contributed by atoms with Crippen LogP contribution in [-0.2, 0) is 9.84 Å². The highest BCUT2D eigenvalue weighted by Crippen LogP contribution is 2.08. The molecule has 0 radical (unpaired) electrons. The van der Waals surface area contributed by atoms with Crippen LogP contribution in [0.5, 0.6) is 0 Å². The van der Waals surface area contributed by atoms with Gasteiger partial charge in [0.25, 0.3) is 0 Å². The molecule has 0 bridgehead atoms. The molecule has 0 spiro atoms. The molecule has 0 aromatic carbocycles. The lowest BCUT2D eigenvalue weighted by atomic mass is 10.3. The molecular weight excluding hydrogens is 254 g/mol. The molecular formula is C11H15N3O3S. The first-order valence-corrected chi connectivity index (χ1v) is 7.47. The Kier molecular flexibility index (Phi) is 3.51. The lowest BCUT2D eigenvalue weighted by molar-refractivity contribution is 0.216. The average molecular weight is 269 g/mol. The summed E-state index contributed by atoms with van der Waals surface area (Å²) in [6, 6.07) is 3.26. The van der Waals surface area contributed by atoms with E-state index >= 15 is 0 Å². The predicted octanol–water partition coefficient (Wildman–Crippen LogP) is 0.652. The molecule has 0 unspecified atom stereocenters. The molecule has 2 heterocycles. The van der Waals surface area contributed by atoms with Crippen LogP contribution in [-0.4, -0.2) is 48.9 Å². The minimum Gasteiger partial charge on any atom is -0.322 e. The number of carbonyl (C=O) groups excluding carboxylic acids is 1. The van der Waals surface area contributed by atoms with Crippen molar-refractivity contribution in [2.45, 2.75) is 6.92 Å². The number of anilines is 1. The first-order valence-electron chi connectivity index (χ1n) is 5.65. The van der Waals surface area contributed by atoms with Gasteiger partial charge in [-0.15, -0.1) is 0 Å². The number of carbonyl (C=O) groups is 1. The number of amides is 2. The fourth-order valence-electron chi connectivity index (χ4n) is 1.65. The third kappa shape index (κ3) is 3.19. The Morgan fingerprint density at radius 1 is 1.33 bits per heavy atom. The van der Waals surface area contributed by atoms with E-state index in [-0.39, 0.29) is 30.6 Å². The van der Waals surface area contributed by atoms with Gasteiger partial charge in [0.15, 0.2) is 9.84 Å². The van der Waals surface area contributed by atoms with E-state index in [1.807, 2.05) is 13.0 Å². The Balaban J connectivity index is 1.95. The van der Waals surface area contributed by atoms with Gasteiger partial charge in [-0.1, -0.05) is 6.07 Å². The van der Waals surface area contributed by atoms with E-state index in [1.54, 1.807) is 12.3 Å². The Morgan fingerprint density at radius 3 is 2.56 bits per heavy atom. The van der Waals surface area contributed by atoms with Crippen molar-refractivity contribution in [2.75, 3.05) is 29.9 Å². The van der Waals surface area contributed by atoms with Gasteiger partial charge in [-0.2, -0.15) is 0 Å². The number of nitrogens with zero attached hydrogens (tertiary/aromatic N) is 2. The first kappa shape index (κ1) is 12.8. The van der Waals surface area contributed by atoms with Crippen LogP contribution < -0.4 is 5.32 Å². The predicted molar refractivity (Wildman–Crippen MR) is 68.2 cm³/mol. The monoisotopic (exact) mass is 269 g/mol. The summed E-state index contributed by atoms with van der Waals surface area (Å²) < 4.78 is 22.5. The summed E-state index contributed by atoms with van der Waals surface area (Å²) >= 11 is 0. The maximum Gasteiger partial charge on any atom is 0.323 e. The quantitative estimate of drug-likeness (QED) is 0.812. The van der Waals surface area contributed by atoms with E-state index < -0.39 is 9.84 Å². The maximum absolute atomic E-state index is 11.8. The van der Waals surface area contributed by atoms with Crippen molar-refractivity contribution in [2.24, 2.45) is 0 Å².